The molecule has 0 bridgehead atoms. The van der Waals surface area contributed by atoms with Crippen LogP contribution in [0.4, 0.5) is 4.79 Å². The van der Waals surface area contributed by atoms with Gasteiger partial charge in [0.2, 0.25) is 5.91 Å². The maximum Gasteiger partial charge on any atom is 0.332 e. The van der Waals surface area contributed by atoms with Crippen molar-refractivity contribution in [1.82, 2.24) is 35.1 Å². The lowest BCUT2D eigenvalue weighted by Crippen LogP contribution is -2.62. The number of imidazole rings is 1. The van der Waals surface area contributed by atoms with Crippen LogP contribution in [-0.2, 0) is 22.7 Å². The van der Waals surface area contributed by atoms with Gasteiger partial charge >= 0.3 is 6.03 Å². The van der Waals surface area contributed by atoms with Gasteiger partial charge in [-0.05, 0) is 22.8 Å². The van der Waals surface area contributed by atoms with Crippen molar-refractivity contribution in [2.45, 2.75) is 25.3 Å². The van der Waals surface area contributed by atoms with E-state index in [1.807, 2.05) is 78.9 Å². The quantitative estimate of drug-likeness (QED) is 0.405. The molecule has 2 fully saturated rings. The van der Waals surface area contributed by atoms with E-state index in [4.69, 9.17) is 0 Å². The van der Waals surface area contributed by atoms with E-state index in [2.05, 4.69) is 15.3 Å². The number of carbonyl (C=O) groups excluding carboxylic acids is 3. The van der Waals surface area contributed by atoms with Gasteiger partial charge in [-0.25, -0.2) is 9.78 Å². The van der Waals surface area contributed by atoms with Gasteiger partial charge in [0.25, 0.3) is 5.91 Å². The van der Waals surface area contributed by atoms with Crippen molar-refractivity contribution in [3.05, 3.63) is 102 Å². The highest BCUT2D eigenvalue weighted by atomic mass is 16.2. The zero-order valence-corrected chi connectivity index (χ0v) is 21.5. The molecule has 39 heavy (non-hydrogen) atoms. The Labute approximate surface area is 225 Å². The van der Waals surface area contributed by atoms with Crippen LogP contribution >= 0.6 is 0 Å². The number of hydrazine groups is 1. The average molecular weight is 524 g/mol. The number of benzene rings is 3. The number of rotatable bonds is 6. The lowest BCUT2D eigenvalue weighted by atomic mass is 10.00. The molecule has 2 aliphatic rings. The van der Waals surface area contributed by atoms with Crippen molar-refractivity contribution in [2.75, 3.05) is 20.1 Å². The number of fused-ring (bicyclic) bond motifs is 2. The van der Waals surface area contributed by atoms with Gasteiger partial charge in [0.1, 0.15) is 12.2 Å². The molecule has 0 saturated carbocycles. The standard InChI is InChI=1S/C29H29N7O3/c1-33(29(39)30-15-20-9-4-2-5-10-20)35-18-25(37)36-24(35)17-34(28(38)27(36)21-11-6-3-7-12-21)16-22-13-8-14-23-26(22)32-19-31-23/h2-14,19,24,27H,15-18H2,1H3,(H,30,39)(H,31,32)/t24-,27+/m1/s1. The minimum Gasteiger partial charge on any atom is -0.345 e. The van der Waals surface area contributed by atoms with Crippen molar-refractivity contribution in [1.29, 1.82) is 0 Å². The number of carbonyl (C=O) groups is 3. The summed E-state index contributed by atoms with van der Waals surface area (Å²) in [5.74, 6) is -0.352. The molecule has 4 aromatic rings. The van der Waals surface area contributed by atoms with E-state index < -0.39 is 12.2 Å². The Morgan fingerprint density at radius 3 is 2.54 bits per heavy atom. The highest BCUT2D eigenvalue weighted by Gasteiger charge is 2.52. The molecule has 0 spiro atoms. The van der Waals surface area contributed by atoms with Crippen molar-refractivity contribution in [3.8, 4) is 0 Å². The van der Waals surface area contributed by atoms with Gasteiger partial charge in [-0.15, -0.1) is 0 Å². The smallest absolute Gasteiger partial charge is 0.332 e. The number of hydrogen-bond donors (Lipinski definition) is 2. The number of aromatic amines is 1. The third-order valence-corrected chi connectivity index (χ3v) is 7.43. The maximum absolute atomic E-state index is 14.0. The van der Waals surface area contributed by atoms with Crippen molar-refractivity contribution >= 4 is 28.9 Å². The first kappa shape index (κ1) is 24.6. The molecule has 2 atom stereocenters. The van der Waals surface area contributed by atoms with E-state index in [9.17, 15) is 14.4 Å². The molecular weight excluding hydrogens is 494 g/mol. The van der Waals surface area contributed by atoms with Gasteiger partial charge in [0.05, 0.1) is 30.5 Å². The zero-order chi connectivity index (χ0) is 26.9. The van der Waals surface area contributed by atoms with Gasteiger partial charge < -0.3 is 20.1 Å². The molecule has 10 nitrogen and oxygen atoms in total. The van der Waals surface area contributed by atoms with Crippen LogP contribution in [0, 0.1) is 0 Å². The number of urea groups is 1. The summed E-state index contributed by atoms with van der Waals surface area (Å²) in [6.45, 7) is 0.954. The fourth-order valence-electron chi connectivity index (χ4n) is 5.46. The minimum absolute atomic E-state index is 0.000669. The normalized spacial score (nSPS) is 19.4. The minimum atomic E-state index is -0.790. The number of amides is 4. The molecule has 3 heterocycles. The highest BCUT2D eigenvalue weighted by molar-refractivity contribution is 5.92. The number of para-hydroxylation sites is 1. The number of aromatic nitrogens is 2. The monoisotopic (exact) mass is 523 g/mol. The largest absolute Gasteiger partial charge is 0.345 e. The first-order valence-electron chi connectivity index (χ1n) is 12.9. The second-order valence-corrected chi connectivity index (χ2v) is 9.79. The summed E-state index contributed by atoms with van der Waals surface area (Å²) in [6, 6.07) is 23.7. The molecule has 0 unspecified atom stereocenters. The van der Waals surface area contributed by atoms with E-state index >= 15 is 0 Å². The van der Waals surface area contributed by atoms with E-state index in [1.54, 1.807) is 28.2 Å². The number of nitrogens with zero attached hydrogens (tertiary/aromatic N) is 5. The SMILES string of the molecule is CN(C(=O)NCc1ccccc1)N1CC(=O)N2[C@@H](c3ccccc3)C(=O)N(Cc3cccc4[nH]cnc34)C[C@@H]21. The number of nitrogens with one attached hydrogen (secondary N) is 2. The molecule has 6 rings (SSSR count). The maximum atomic E-state index is 14.0. The Balaban J connectivity index is 1.29. The topological polar surface area (TPSA) is 105 Å². The van der Waals surface area contributed by atoms with Gasteiger partial charge in [-0.1, -0.05) is 72.8 Å². The van der Waals surface area contributed by atoms with E-state index in [0.717, 1.165) is 27.7 Å². The molecule has 4 amide bonds. The summed E-state index contributed by atoms with van der Waals surface area (Å²) in [5, 5.41) is 6.13. The van der Waals surface area contributed by atoms with Gasteiger partial charge in [-0.3, -0.25) is 14.6 Å². The van der Waals surface area contributed by atoms with Crippen LogP contribution in [0.5, 0.6) is 0 Å². The fourth-order valence-corrected chi connectivity index (χ4v) is 5.46. The molecule has 2 saturated heterocycles. The van der Waals surface area contributed by atoms with E-state index in [1.165, 1.54) is 5.01 Å². The Morgan fingerprint density at radius 1 is 1.03 bits per heavy atom. The summed E-state index contributed by atoms with van der Waals surface area (Å²) in [7, 11) is 1.65. The third-order valence-electron chi connectivity index (χ3n) is 7.43. The van der Waals surface area contributed by atoms with Crippen LogP contribution in [0.15, 0.2) is 85.2 Å². The molecule has 2 aliphatic heterocycles. The number of H-pyrrole nitrogens is 1. The lowest BCUT2D eigenvalue weighted by Gasteiger charge is -2.45. The van der Waals surface area contributed by atoms with Crippen LogP contribution in [0.25, 0.3) is 11.0 Å². The van der Waals surface area contributed by atoms with Crippen LogP contribution in [-0.4, -0.2) is 73.9 Å². The van der Waals surface area contributed by atoms with Gasteiger partial charge in [-0.2, -0.15) is 5.01 Å². The van der Waals surface area contributed by atoms with Crippen LogP contribution in [0.2, 0.25) is 0 Å². The van der Waals surface area contributed by atoms with Crippen LogP contribution in [0.1, 0.15) is 22.7 Å². The fraction of sp³-hybridized carbons (Fsp3) is 0.241. The van der Waals surface area contributed by atoms with Crippen LogP contribution < -0.4 is 5.32 Å². The molecule has 10 heteroatoms. The second kappa shape index (κ2) is 10.2. The van der Waals surface area contributed by atoms with Crippen LogP contribution in [0.3, 0.4) is 0 Å². The predicted octanol–water partition coefficient (Wildman–Crippen LogP) is 2.87. The first-order valence-corrected chi connectivity index (χ1v) is 12.9. The third kappa shape index (κ3) is 4.59. The molecule has 198 valence electrons. The Kier molecular flexibility index (Phi) is 6.45. The van der Waals surface area contributed by atoms with E-state index in [0.29, 0.717) is 13.1 Å². The Bertz CT molecular complexity index is 1510. The Hall–Kier alpha value is -4.70. The average Bonchev–Trinajstić information content (AvgIpc) is 3.58. The predicted molar refractivity (Wildman–Crippen MR) is 144 cm³/mol. The summed E-state index contributed by atoms with van der Waals surface area (Å²) in [5.41, 5.74) is 4.32. The molecule has 2 N–H and O–H groups in total. The van der Waals surface area contributed by atoms with Crippen molar-refractivity contribution in [2.24, 2.45) is 0 Å². The molecule has 3 aromatic carbocycles. The van der Waals surface area contributed by atoms with Crippen molar-refractivity contribution < 1.29 is 14.4 Å². The summed E-state index contributed by atoms with van der Waals surface area (Å²) >= 11 is 0. The summed E-state index contributed by atoms with van der Waals surface area (Å²) in [4.78, 5) is 51.5. The summed E-state index contributed by atoms with van der Waals surface area (Å²) in [6.07, 6.45) is 1.13. The molecular formula is C29H29N7O3. The van der Waals surface area contributed by atoms with Gasteiger partial charge in [0.15, 0.2) is 0 Å². The van der Waals surface area contributed by atoms with Crippen molar-refractivity contribution in [3.63, 3.8) is 0 Å². The highest BCUT2D eigenvalue weighted by Crippen LogP contribution is 2.36. The Morgan fingerprint density at radius 2 is 1.77 bits per heavy atom. The number of piperazine rings is 1. The second-order valence-electron chi connectivity index (χ2n) is 9.79. The lowest BCUT2D eigenvalue weighted by molar-refractivity contribution is -0.157. The number of hydrogen-bond acceptors (Lipinski definition) is 5. The zero-order valence-electron chi connectivity index (χ0n) is 21.5. The van der Waals surface area contributed by atoms with E-state index in [-0.39, 0.29) is 30.9 Å². The summed E-state index contributed by atoms with van der Waals surface area (Å²) < 4.78 is 0. The first-order chi connectivity index (χ1) is 19.0. The molecule has 1 aromatic heterocycles. The van der Waals surface area contributed by atoms with Gasteiger partial charge in [0, 0.05) is 20.1 Å². The molecule has 0 aliphatic carbocycles. The molecule has 0 radical (unpaired) electrons.